The van der Waals surface area contributed by atoms with Crippen molar-refractivity contribution < 1.29 is 19.1 Å². The second-order valence-corrected chi connectivity index (χ2v) is 6.63. The van der Waals surface area contributed by atoms with Gasteiger partial charge >= 0.3 is 5.97 Å². The SMILES string of the molecule is CCOC(=O)c1c(-c2ccccc2)oc2c(-c3ccc(C)cc3)cc(O)cc12. The van der Waals surface area contributed by atoms with Gasteiger partial charge in [0.15, 0.2) is 0 Å². The first-order valence-corrected chi connectivity index (χ1v) is 9.17. The molecule has 140 valence electrons. The molecule has 0 aliphatic rings. The summed E-state index contributed by atoms with van der Waals surface area (Å²) in [6.07, 6.45) is 0. The van der Waals surface area contributed by atoms with E-state index in [1.807, 2.05) is 61.5 Å². The summed E-state index contributed by atoms with van der Waals surface area (Å²) in [5.41, 5.74) is 4.40. The van der Waals surface area contributed by atoms with Crippen molar-refractivity contribution >= 4 is 16.9 Å². The first-order valence-electron chi connectivity index (χ1n) is 9.17. The number of phenols is 1. The minimum atomic E-state index is -0.472. The molecule has 1 N–H and O–H groups in total. The van der Waals surface area contributed by atoms with Crippen molar-refractivity contribution in [2.24, 2.45) is 0 Å². The standard InChI is InChI=1S/C24H20O4/c1-3-27-24(26)21-20-14-18(25)13-19(16-11-9-15(2)10-12-16)23(20)28-22(21)17-7-5-4-6-8-17/h4-14,25H,3H2,1-2H3. The Balaban J connectivity index is 2.04. The molecule has 0 spiro atoms. The molecule has 4 nitrogen and oxygen atoms in total. The van der Waals surface area contributed by atoms with Crippen LogP contribution in [-0.4, -0.2) is 17.7 Å². The molecule has 4 rings (SSSR count). The first kappa shape index (κ1) is 17.9. The smallest absolute Gasteiger partial charge is 0.342 e. The second-order valence-electron chi connectivity index (χ2n) is 6.63. The molecule has 0 aliphatic carbocycles. The third kappa shape index (κ3) is 3.14. The molecule has 0 atom stereocenters. The number of hydrogen-bond donors (Lipinski definition) is 1. The van der Waals surface area contributed by atoms with Gasteiger partial charge in [-0.25, -0.2) is 4.79 Å². The Hall–Kier alpha value is -3.53. The number of phenolic OH excluding ortho intramolecular Hbond substituents is 1. The van der Waals surface area contributed by atoms with E-state index in [4.69, 9.17) is 9.15 Å². The third-order valence-corrected chi connectivity index (χ3v) is 4.65. The van der Waals surface area contributed by atoms with Crippen LogP contribution in [0.2, 0.25) is 0 Å². The van der Waals surface area contributed by atoms with Crippen molar-refractivity contribution in [3.8, 4) is 28.2 Å². The lowest BCUT2D eigenvalue weighted by atomic mass is 9.99. The number of fused-ring (bicyclic) bond motifs is 1. The summed E-state index contributed by atoms with van der Waals surface area (Å²) in [5.74, 6) is 0.0302. The summed E-state index contributed by atoms with van der Waals surface area (Å²) in [5, 5.41) is 10.9. The van der Waals surface area contributed by atoms with Crippen LogP contribution in [0, 0.1) is 6.92 Å². The maximum Gasteiger partial charge on any atom is 0.342 e. The van der Waals surface area contributed by atoms with E-state index in [0.717, 1.165) is 22.3 Å². The highest BCUT2D eigenvalue weighted by Crippen LogP contribution is 2.41. The normalized spacial score (nSPS) is 10.9. The van der Waals surface area contributed by atoms with Crippen molar-refractivity contribution in [2.45, 2.75) is 13.8 Å². The summed E-state index contributed by atoms with van der Waals surface area (Å²) in [6, 6.07) is 20.6. The lowest BCUT2D eigenvalue weighted by Crippen LogP contribution is -2.05. The highest BCUT2D eigenvalue weighted by molar-refractivity contribution is 6.12. The molecule has 3 aromatic carbocycles. The van der Waals surface area contributed by atoms with Gasteiger partial charge in [0, 0.05) is 16.5 Å². The van der Waals surface area contributed by atoms with Gasteiger partial charge in [0.25, 0.3) is 0 Å². The molecular formula is C24H20O4. The molecule has 0 saturated heterocycles. The highest BCUT2D eigenvalue weighted by Gasteiger charge is 2.25. The third-order valence-electron chi connectivity index (χ3n) is 4.65. The van der Waals surface area contributed by atoms with E-state index in [1.54, 1.807) is 19.1 Å². The molecule has 0 fully saturated rings. The average molecular weight is 372 g/mol. The van der Waals surface area contributed by atoms with Gasteiger partial charge in [0.1, 0.15) is 22.7 Å². The van der Waals surface area contributed by atoms with Crippen LogP contribution in [-0.2, 0) is 4.74 Å². The minimum absolute atomic E-state index is 0.0639. The molecule has 1 heterocycles. The van der Waals surface area contributed by atoms with Crippen LogP contribution in [0.4, 0.5) is 0 Å². The van der Waals surface area contributed by atoms with E-state index in [9.17, 15) is 9.90 Å². The van der Waals surface area contributed by atoms with E-state index in [1.165, 1.54) is 0 Å². The van der Waals surface area contributed by atoms with E-state index in [2.05, 4.69) is 0 Å². The summed E-state index contributed by atoms with van der Waals surface area (Å²) < 4.78 is 11.5. The number of carbonyl (C=O) groups is 1. The van der Waals surface area contributed by atoms with Crippen molar-refractivity contribution in [2.75, 3.05) is 6.61 Å². The predicted octanol–water partition coefficient (Wildman–Crippen LogP) is 5.96. The number of aryl methyl sites for hydroxylation is 1. The minimum Gasteiger partial charge on any atom is -0.508 e. The number of benzene rings is 3. The maximum absolute atomic E-state index is 12.8. The zero-order valence-corrected chi connectivity index (χ0v) is 15.7. The highest BCUT2D eigenvalue weighted by atomic mass is 16.5. The number of furan rings is 1. The lowest BCUT2D eigenvalue weighted by Gasteiger charge is -2.05. The van der Waals surface area contributed by atoms with Crippen molar-refractivity contribution in [1.29, 1.82) is 0 Å². The fourth-order valence-electron chi connectivity index (χ4n) is 3.33. The van der Waals surface area contributed by atoms with Crippen LogP contribution in [0.3, 0.4) is 0 Å². The summed E-state index contributed by atoms with van der Waals surface area (Å²) in [7, 11) is 0. The predicted molar refractivity (Wildman–Crippen MR) is 109 cm³/mol. The first-order chi connectivity index (χ1) is 13.6. The van der Waals surface area contributed by atoms with E-state index in [0.29, 0.717) is 22.3 Å². The van der Waals surface area contributed by atoms with Crippen molar-refractivity contribution in [1.82, 2.24) is 0 Å². The summed E-state index contributed by atoms with van der Waals surface area (Å²) >= 11 is 0. The zero-order chi connectivity index (χ0) is 19.7. The van der Waals surface area contributed by atoms with Crippen LogP contribution in [0.25, 0.3) is 33.4 Å². The Morgan fingerprint density at radius 1 is 1.00 bits per heavy atom. The molecule has 0 saturated carbocycles. The quantitative estimate of drug-likeness (QED) is 0.449. The van der Waals surface area contributed by atoms with Crippen LogP contribution in [0.15, 0.2) is 71.1 Å². The second kappa shape index (κ2) is 7.24. The van der Waals surface area contributed by atoms with Crippen LogP contribution < -0.4 is 0 Å². The number of rotatable bonds is 4. The fourth-order valence-corrected chi connectivity index (χ4v) is 3.33. The van der Waals surface area contributed by atoms with Crippen LogP contribution >= 0.6 is 0 Å². The van der Waals surface area contributed by atoms with Gasteiger partial charge in [-0.05, 0) is 31.5 Å². The zero-order valence-electron chi connectivity index (χ0n) is 15.7. The Bertz CT molecular complexity index is 1140. The maximum atomic E-state index is 12.8. The summed E-state index contributed by atoms with van der Waals surface area (Å²) in [4.78, 5) is 12.8. The lowest BCUT2D eigenvalue weighted by molar-refractivity contribution is 0.0529. The van der Waals surface area contributed by atoms with Gasteiger partial charge in [-0.3, -0.25) is 0 Å². The Morgan fingerprint density at radius 2 is 1.71 bits per heavy atom. The summed E-state index contributed by atoms with van der Waals surface area (Å²) in [6.45, 7) is 4.03. The van der Waals surface area contributed by atoms with E-state index < -0.39 is 5.97 Å². The number of aromatic hydroxyl groups is 1. The molecule has 28 heavy (non-hydrogen) atoms. The molecule has 0 aliphatic heterocycles. The average Bonchev–Trinajstić information content (AvgIpc) is 3.08. The molecule has 1 aromatic heterocycles. The topological polar surface area (TPSA) is 59.7 Å². The van der Waals surface area contributed by atoms with Crippen LogP contribution in [0.5, 0.6) is 5.75 Å². The van der Waals surface area contributed by atoms with Crippen LogP contribution in [0.1, 0.15) is 22.8 Å². The molecule has 0 bridgehead atoms. The van der Waals surface area contributed by atoms with Crippen molar-refractivity contribution in [3.05, 3.63) is 77.9 Å². The molecule has 0 unspecified atom stereocenters. The number of esters is 1. The van der Waals surface area contributed by atoms with Gasteiger partial charge in [-0.1, -0.05) is 60.2 Å². The number of hydrogen-bond acceptors (Lipinski definition) is 4. The van der Waals surface area contributed by atoms with Gasteiger partial charge < -0.3 is 14.3 Å². The Labute approximate surface area is 163 Å². The monoisotopic (exact) mass is 372 g/mol. The number of carbonyl (C=O) groups excluding carboxylic acids is 1. The van der Waals surface area contributed by atoms with Gasteiger partial charge in [-0.15, -0.1) is 0 Å². The van der Waals surface area contributed by atoms with Gasteiger partial charge in [-0.2, -0.15) is 0 Å². The van der Waals surface area contributed by atoms with Gasteiger partial charge in [0.2, 0.25) is 0 Å². The van der Waals surface area contributed by atoms with Gasteiger partial charge in [0.05, 0.1) is 6.61 Å². The molecule has 0 amide bonds. The van der Waals surface area contributed by atoms with E-state index >= 15 is 0 Å². The Kier molecular flexibility index (Phi) is 4.62. The largest absolute Gasteiger partial charge is 0.508 e. The molecular weight excluding hydrogens is 352 g/mol. The Morgan fingerprint density at radius 3 is 2.39 bits per heavy atom. The fraction of sp³-hybridized carbons (Fsp3) is 0.125. The number of ether oxygens (including phenoxy) is 1. The molecule has 4 aromatic rings. The van der Waals surface area contributed by atoms with Crippen molar-refractivity contribution in [3.63, 3.8) is 0 Å². The van der Waals surface area contributed by atoms with E-state index in [-0.39, 0.29) is 12.4 Å². The molecule has 4 heteroatoms. The molecule has 0 radical (unpaired) electrons.